The maximum absolute atomic E-state index is 13.4. The molecule has 2 aromatic rings. The number of aromatic carboxylic acids is 1. The lowest BCUT2D eigenvalue weighted by molar-refractivity contribution is 0.0686. The Kier molecular flexibility index (Phi) is 3.78. The van der Waals surface area contributed by atoms with Crippen molar-refractivity contribution in [2.24, 2.45) is 0 Å². The van der Waals surface area contributed by atoms with Crippen molar-refractivity contribution in [2.75, 3.05) is 0 Å². The van der Waals surface area contributed by atoms with Gasteiger partial charge in [0.1, 0.15) is 0 Å². The standard InChI is InChI=1S/C12H7Cl2FN2O3/c1-5-2-9(18)11(12(19)20)16-17(5)6-3-7(13)10(15)8(14)4-6/h2-4H,1H3,(H,19,20). The Hall–Kier alpha value is -1.92. The van der Waals surface area contributed by atoms with Gasteiger partial charge in [0.15, 0.2) is 5.82 Å². The van der Waals surface area contributed by atoms with E-state index in [0.717, 1.165) is 10.7 Å². The topological polar surface area (TPSA) is 72.2 Å². The zero-order valence-corrected chi connectivity index (χ0v) is 11.5. The van der Waals surface area contributed by atoms with E-state index in [9.17, 15) is 14.0 Å². The van der Waals surface area contributed by atoms with E-state index >= 15 is 0 Å². The number of rotatable bonds is 2. The smallest absolute Gasteiger partial charge is 0.360 e. The molecule has 0 radical (unpaired) electrons. The summed E-state index contributed by atoms with van der Waals surface area (Å²) < 4.78 is 14.5. The minimum Gasteiger partial charge on any atom is -0.476 e. The van der Waals surface area contributed by atoms with Gasteiger partial charge in [-0.25, -0.2) is 13.9 Å². The number of carboxylic acids is 1. The molecular formula is C12H7Cl2FN2O3. The van der Waals surface area contributed by atoms with Crippen LogP contribution in [-0.4, -0.2) is 20.9 Å². The fourth-order valence-electron chi connectivity index (χ4n) is 1.62. The Morgan fingerprint density at radius 3 is 2.35 bits per heavy atom. The van der Waals surface area contributed by atoms with Crippen LogP contribution in [0.5, 0.6) is 0 Å². The maximum Gasteiger partial charge on any atom is 0.360 e. The van der Waals surface area contributed by atoms with Crippen LogP contribution in [-0.2, 0) is 0 Å². The monoisotopic (exact) mass is 316 g/mol. The fourth-order valence-corrected chi connectivity index (χ4v) is 2.10. The Balaban J connectivity index is 2.73. The van der Waals surface area contributed by atoms with E-state index in [2.05, 4.69) is 5.10 Å². The number of nitrogens with zero attached hydrogens (tertiary/aromatic N) is 2. The molecular weight excluding hydrogens is 310 g/mol. The second-order valence-corrected chi connectivity index (χ2v) is 4.75. The molecule has 1 heterocycles. The summed E-state index contributed by atoms with van der Waals surface area (Å²) in [6, 6.07) is 3.58. The SMILES string of the molecule is Cc1cc(=O)c(C(=O)O)nn1-c1cc(Cl)c(F)c(Cl)c1. The van der Waals surface area contributed by atoms with Crippen LogP contribution in [0, 0.1) is 12.7 Å². The average Bonchev–Trinajstić information content (AvgIpc) is 2.35. The number of carboxylic acid groups (broad SMARTS) is 1. The third kappa shape index (κ3) is 2.52. The molecule has 0 atom stereocenters. The van der Waals surface area contributed by atoms with Crippen LogP contribution in [0.3, 0.4) is 0 Å². The molecule has 0 fully saturated rings. The first kappa shape index (κ1) is 14.5. The first-order chi connectivity index (χ1) is 9.31. The average molecular weight is 317 g/mol. The van der Waals surface area contributed by atoms with Gasteiger partial charge in [-0.15, -0.1) is 0 Å². The molecule has 0 unspecified atom stereocenters. The highest BCUT2D eigenvalue weighted by atomic mass is 35.5. The van der Waals surface area contributed by atoms with Crippen molar-refractivity contribution in [3.63, 3.8) is 0 Å². The molecule has 0 spiro atoms. The number of benzene rings is 1. The molecule has 5 nitrogen and oxygen atoms in total. The lowest BCUT2D eigenvalue weighted by Crippen LogP contribution is -2.22. The van der Waals surface area contributed by atoms with Crippen LogP contribution in [0.2, 0.25) is 10.0 Å². The highest BCUT2D eigenvalue weighted by Gasteiger charge is 2.15. The molecule has 0 aliphatic rings. The number of carbonyl (C=O) groups is 1. The van der Waals surface area contributed by atoms with Crippen molar-refractivity contribution in [3.05, 3.63) is 55.7 Å². The highest BCUT2D eigenvalue weighted by Crippen LogP contribution is 2.26. The van der Waals surface area contributed by atoms with Gasteiger partial charge in [0.2, 0.25) is 11.1 Å². The van der Waals surface area contributed by atoms with E-state index in [1.54, 1.807) is 6.92 Å². The van der Waals surface area contributed by atoms with Gasteiger partial charge in [-0.1, -0.05) is 23.2 Å². The molecule has 0 aliphatic carbocycles. The predicted octanol–water partition coefficient (Wildman–Crippen LogP) is 2.69. The predicted molar refractivity (Wildman–Crippen MR) is 71.5 cm³/mol. The van der Waals surface area contributed by atoms with E-state index in [-0.39, 0.29) is 15.7 Å². The third-order valence-electron chi connectivity index (χ3n) is 2.52. The molecule has 104 valence electrons. The van der Waals surface area contributed by atoms with Crippen molar-refractivity contribution in [2.45, 2.75) is 6.92 Å². The van der Waals surface area contributed by atoms with Gasteiger partial charge in [0, 0.05) is 11.8 Å². The lowest BCUT2D eigenvalue weighted by Gasteiger charge is -2.11. The van der Waals surface area contributed by atoms with Crippen LogP contribution < -0.4 is 5.43 Å². The molecule has 0 saturated heterocycles. The van der Waals surface area contributed by atoms with Crippen LogP contribution in [0.15, 0.2) is 23.0 Å². The van der Waals surface area contributed by atoms with E-state index in [4.69, 9.17) is 28.3 Å². The largest absolute Gasteiger partial charge is 0.476 e. The number of aryl methyl sites for hydroxylation is 1. The molecule has 0 aliphatic heterocycles. The Morgan fingerprint density at radius 2 is 1.85 bits per heavy atom. The highest BCUT2D eigenvalue weighted by molar-refractivity contribution is 6.35. The van der Waals surface area contributed by atoms with Crippen LogP contribution in [0.1, 0.15) is 16.2 Å². The number of aromatic nitrogens is 2. The molecule has 2 rings (SSSR count). The first-order valence-electron chi connectivity index (χ1n) is 5.30. The lowest BCUT2D eigenvalue weighted by atomic mass is 10.2. The molecule has 0 amide bonds. The molecule has 0 bridgehead atoms. The number of halogens is 3. The van der Waals surface area contributed by atoms with E-state index in [0.29, 0.717) is 5.69 Å². The summed E-state index contributed by atoms with van der Waals surface area (Å²) in [5.41, 5.74) is -0.752. The van der Waals surface area contributed by atoms with E-state index < -0.39 is 22.9 Å². The molecule has 1 aromatic heterocycles. The zero-order chi connectivity index (χ0) is 15.0. The molecule has 0 saturated carbocycles. The summed E-state index contributed by atoms with van der Waals surface area (Å²) in [4.78, 5) is 22.4. The summed E-state index contributed by atoms with van der Waals surface area (Å²) in [7, 11) is 0. The Morgan fingerprint density at radius 1 is 1.30 bits per heavy atom. The third-order valence-corrected chi connectivity index (χ3v) is 3.07. The summed E-state index contributed by atoms with van der Waals surface area (Å²) >= 11 is 11.4. The van der Waals surface area contributed by atoms with Crippen LogP contribution >= 0.6 is 23.2 Å². The van der Waals surface area contributed by atoms with Gasteiger partial charge in [-0.05, 0) is 19.1 Å². The summed E-state index contributed by atoms with van der Waals surface area (Å²) in [6.45, 7) is 1.55. The Labute approximate surface area is 122 Å². The van der Waals surface area contributed by atoms with Crippen molar-refractivity contribution in [3.8, 4) is 5.69 Å². The van der Waals surface area contributed by atoms with Gasteiger partial charge >= 0.3 is 5.97 Å². The normalized spacial score (nSPS) is 10.6. The van der Waals surface area contributed by atoms with Crippen molar-refractivity contribution < 1.29 is 14.3 Å². The van der Waals surface area contributed by atoms with Gasteiger partial charge in [0.25, 0.3) is 0 Å². The second-order valence-electron chi connectivity index (χ2n) is 3.94. The fraction of sp³-hybridized carbons (Fsp3) is 0.0833. The van der Waals surface area contributed by atoms with Crippen LogP contribution in [0.4, 0.5) is 4.39 Å². The van der Waals surface area contributed by atoms with Crippen molar-refractivity contribution in [1.29, 1.82) is 0 Å². The van der Waals surface area contributed by atoms with Gasteiger partial charge < -0.3 is 5.11 Å². The molecule has 1 aromatic carbocycles. The Bertz CT molecular complexity index is 751. The first-order valence-corrected chi connectivity index (χ1v) is 6.06. The molecule has 1 N–H and O–H groups in total. The molecule has 8 heteroatoms. The maximum atomic E-state index is 13.4. The minimum absolute atomic E-state index is 0.232. The van der Waals surface area contributed by atoms with E-state index in [1.165, 1.54) is 12.1 Å². The molecule has 20 heavy (non-hydrogen) atoms. The van der Waals surface area contributed by atoms with Crippen molar-refractivity contribution >= 4 is 29.2 Å². The van der Waals surface area contributed by atoms with Crippen molar-refractivity contribution in [1.82, 2.24) is 9.78 Å². The number of hydrogen-bond acceptors (Lipinski definition) is 3. The zero-order valence-electron chi connectivity index (χ0n) is 10.0. The van der Waals surface area contributed by atoms with E-state index in [1.807, 2.05) is 0 Å². The second kappa shape index (κ2) is 5.22. The van der Waals surface area contributed by atoms with Gasteiger partial charge in [-0.3, -0.25) is 4.79 Å². The summed E-state index contributed by atoms with van der Waals surface area (Å²) in [5, 5.41) is 12.1. The summed E-state index contributed by atoms with van der Waals surface area (Å²) in [6.07, 6.45) is 0. The quantitative estimate of drug-likeness (QED) is 0.865. The summed E-state index contributed by atoms with van der Waals surface area (Å²) in [5.74, 6) is -2.24. The van der Waals surface area contributed by atoms with Gasteiger partial charge in [0.05, 0.1) is 15.7 Å². The van der Waals surface area contributed by atoms with Gasteiger partial charge in [-0.2, -0.15) is 5.10 Å². The number of hydrogen-bond donors (Lipinski definition) is 1. The minimum atomic E-state index is -1.46. The van der Waals surface area contributed by atoms with Crippen LogP contribution in [0.25, 0.3) is 5.69 Å².